The van der Waals surface area contributed by atoms with E-state index in [0.29, 0.717) is 37.6 Å². The number of ether oxygens (including phenoxy) is 1. The molecule has 2 rings (SSSR count). The third-order valence-corrected chi connectivity index (χ3v) is 4.51. The van der Waals surface area contributed by atoms with Crippen molar-refractivity contribution in [2.45, 2.75) is 38.8 Å². The minimum Gasteiger partial charge on any atom is -0.450 e. The number of benzene rings is 1. The predicted octanol–water partition coefficient (Wildman–Crippen LogP) is 2.08. The Morgan fingerprint density at radius 3 is 2.54 bits per heavy atom. The second-order valence-electron chi connectivity index (χ2n) is 6.07. The smallest absolute Gasteiger partial charge is 0.409 e. The zero-order valence-electron chi connectivity index (χ0n) is 14.8. The molecule has 0 saturated carbocycles. The summed E-state index contributed by atoms with van der Waals surface area (Å²) in [7, 11) is 0. The van der Waals surface area contributed by atoms with Crippen LogP contribution < -0.4 is 10.6 Å². The van der Waals surface area contributed by atoms with Crippen LogP contribution in [0.3, 0.4) is 0 Å². The summed E-state index contributed by atoms with van der Waals surface area (Å²) in [4.78, 5) is 37.2. The lowest BCUT2D eigenvalue weighted by atomic mass is 10.1. The van der Waals surface area contributed by atoms with Gasteiger partial charge in [-0.15, -0.1) is 0 Å². The maximum Gasteiger partial charge on any atom is 0.409 e. The Balaban J connectivity index is 1.68. The van der Waals surface area contributed by atoms with Crippen LogP contribution in [0.2, 0.25) is 5.02 Å². The molecule has 0 aliphatic carbocycles. The van der Waals surface area contributed by atoms with E-state index >= 15 is 0 Å². The van der Waals surface area contributed by atoms with E-state index < -0.39 is 0 Å². The number of carbonyl (C=O) groups excluding carboxylic acids is 3. The SMILES string of the molecule is CCOC(=O)N1CCC(NC(=O)CC(=O)NCc2ccccc2Cl)CC1. The van der Waals surface area contributed by atoms with Gasteiger partial charge >= 0.3 is 6.09 Å². The summed E-state index contributed by atoms with van der Waals surface area (Å²) in [6, 6.07) is 7.18. The van der Waals surface area contributed by atoms with Crippen molar-refractivity contribution in [2.24, 2.45) is 0 Å². The molecule has 8 heteroatoms. The van der Waals surface area contributed by atoms with Gasteiger partial charge < -0.3 is 20.3 Å². The van der Waals surface area contributed by atoms with Crippen LogP contribution >= 0.6 is 11.6 Å². The van der Waals surface area contributed by atoms with Crippen LogP contribution in [0, 0.1) is 0 Å². The lowest BCUT2D eigenvalue weighted by molar-refractivity contribution is -0.129. The van der Waals surface area contributed by atoms with E-state index in [9.17, 15) is 14.4 Å². The maximum atomic E-state index is 12.0. The van der Waals surface area contributed by atoms with Crippen LogP contribution in [-0.4, -0.2) is 48.5 Å². The Morgan fingerprint density at radius 1 is 1.19 bits per heavy atom. The van der Waals surface area contributed by atoms with Crippen LogP contribution in [0.5, 0.6) is 0 Å². The summed E-state index contributed by atoms with van der Waals surface area (Å²) in [5, 5.41) is 6.11. The summed E-state index contributed by atoms with van der Waals surface area (Å²) in [6.45, 7) is 3.45. The first-order valence-electron chi connectivity index (χ1n) is 8.70. The van der Waals surface area contributed by atoms with E-state index in [-0.39, 0.29) is 36.9 Å². The highest BCUT2D eigenvalue weighted by Gasteiger charge is 2.24. The van der Waals surface area contributed by atoms with Crippen molar-refractivity contribution in [2.75, 3.05) is 19.7 Å². The Kier molecular flexibility index (Phi) is 7.72. The molecular formula is C18H24ClN3O4. The highest BCUT2D eigenvalue weighted by Crippen LogP contribution is 2.14. The number of nitrogens with one attached hydrogen (secondary N) is 2. The number of hydrogen-bond acceptors (Lipinski definition) is 4. The number of piperidine rings is 1. The zero-order chi connectivity index (χ0) is 18.9. The second-order valence-corrected chi connectivity index (χ2v) is 6.48. The number of amides is 3. The lowest BCUT2D eigenvalue weighted by Gasteiger charge is -2.31. The molecule has 26 heavy (non-hydrogen) atoms. The van der Waals surface area contributed by atoms with Gasteiger partial charge in [0.1, 0.15) is 6.42 Å². The molecule has 0 radical (unpaired) electrons. The Bertz CT molecular complexity index is 645. The first kappa shape index (κ1) is 20.0. The molecule has 142 valence electrons. The van der Waals surface area contributed by atoms with E-state index in [0.717, 1.165) is 5.56 Å². The lowest BCUT2D eigenvalue weighted by Crippen LogP contribution is -2.47. The van der Waals surface area contributed by atoms with Gasteiger partial charge in [-0.2, -0.15) is 0 Å². The van der Waals surface area contributed by atoms with Gasteiger partial charge in [0.25, 0.3) is 0 Å². The zero-order valence-corrected chi connectivity index (χ0v) is 15.6. The summed E-state index contributed by atoms with van der Waals surface area (Å²) < 4.78 is 4.96. The predicted molar refractivity (Wildman–Crippen MR) is 97.7 cm³/mol. The Hall–Kier alpha value is -2.28. The van der Waals surface area contributed by atoms with E-state index in [1.807, 2.05) is 18.2 Å². The number of carbonyl (C=O) groups is 3. The van der Waals surface area contributed by atoms with Gasteiger partial charge in [0.15, 0.2) is 0 Å². The molecule has 1 heterocycles. The van der Waals surface area contributed by atoms with Gasteiger partial charge in [-0.05, 0) is 31.4 Å². The highest BCUT2D eigenvalue weighted by atomic mass is 35.5. The van der Waals surface area contributed by atoms with Crippen LogP contribution in [-0.2, 0) is 20.9 Å². The van der Waals surface area contributed by atoms with Gasteiger partial charge in [-0.1, -0.05) is 29.8 Å². The van der Waals surface area contributed by atoms with E-state index in [1.54, 1.807) is 17.9 Å². The van der Waals surface area contributed by atoms with E-state index in [2.05, 4.69) is 10.6 Å². The molecule has 1 fully saturated rings. The molecule has 7 nitrogen and oxygen atoms in total. The van der Waals surface area contributed by atoms with Gasteiger partial charge in [0.2, 0.25) is 11.8 Å². The monoisotopic (exact) mass is 381 g/mol. The van der Waals surface area contributed by atoms with Crippen LogP contribution in [0.1, 0.15) is 31.7 Å². The van der Waals surface area contributed by atoms with Gasteiger partial charge in [-0.25, -0.2) is 4.79 Å². The Labute approximate surface area is 158 Å². The Morgan fingerprint density at radius 2 is 1.88 bits per heavy atom. The van der Waals surface area contributed by atoms with Crippen molar-refractivity contribution < 1.29 is 19.1 Å². The average molecular weight is 382 g/mol. The third kappa shape index (κ3) is 6.22. The fourth-order valence-corrected chi connectivity index (χ4v) is 2.95. The minimum atomic E-state index is -0.355. The fraction of sp³-hybridized carbons (Fsp3) is 0.500. The molecular weight excluding hydrogens is 358 g/mol. The molecule has 0 bridgehead atoms. The van der Waals surface area contributed by atoms with E-state index in [1.165, 1.54) is 0 Å². The van der Waals surface area contributed by atoms with Gasteiger partial charge in [0.05, 0.1) is 6.61 Å². The minimum absolute atomic E-state index is 0.0375. The summed E-state index contributed by atoms with van der Waals surface area (Å²) in [6.07, 6.45) is 0.733. The number of halogens is 1. The molecule has 0 atom stereocenters. The number of rotatable bonds is 6. The quantitative estimate of drug-likeness (QED) is 0.738. The normalized spacial score (nSPS) is 14.6. The van der Waals surface area contributed by atoms with Crippen molar-refractivity contribution in [3.05, 3.63) is 34.9 Å². The first-order valence-corrected chi connectivity index (χ1v) is 9.08. The average Bonchev–Trinajstić information content (AvgIpc) is 2.61. The standard InChI is InChI=1S/C18H24ClN3O4/c1-2-26-18(25)22-9-7-14(8-10-22)21-17(24)11-16(23)20-12-13-5-3-4-6-15(13)19/h3-6,14H,2,7-12H2,1H3,(H,20,23)(H,21,24). The molecule has 1 saturated heterocycles. The van der Waals surface area contributed by atoms with Crippen molar-refractivity contribution in [1.82, 2.24) is 15.5 Å². The van der Waals surface area contributed by atoms with Gasteiger partial charge in [-0.3, -0.25) is 9.59 Å². The molecule has 1 aromatic rings. The maximum absolute atomic E-state index is 12.0. The molecule has 2 N–H and O–H groups in total. The van der Waals surface area contributed by atoms with Gasteiger partial charge in [0, 0.05) is 30.7 Å². The number of hydrogen-bond donors (Lipinski definition) is 2. The number of likely N-dealkylation sites (tertiary alicyclic amines) is 1. The van der Waals surface area contributed by atoms with Crippen LogP contribution in [0.15, 0.2) is 24.3 Å². The second kappa shape index (κ2) is 10.0. The summed E-state index contributed by atoms with van der Waals surface area (Å²) >= 11 is 6.03. The molecule has 0 unspecified atom stereocenters. The fourth-order valence-electron chi connectivity index (χ4n) is 2.74. The summed E-state index contributed by atoms with van der Waals surface area (Å²) in [5.41, 5.74) is 0.800. The molecule has 1 aliphatic rings. The summed E-state index contributed by atoms with van der Waals surface area (Å²) in [5.74, 6) is -0.678. The molecule has 3 amide bonds. The van der Waals surface area contributed by atoms with Crippen molar-refractivity contribution in [3.63, 3.8) is 0 Å². The van der Waals surface area contributed by atoms with E-state index in [4.69, 9.17) is 16.3 Å². The third-order valence-electron chi connectivity index (χ3n) is 4.14. The van der Waals surface area contributed by atoms with Crippen molar-refractivity contribution in [3.8, 4) is 0 Å². The largest absolute Gasteiger partial charge is 0.450 e. The molecule has 1 aliphatic heterocycles. The first-order chi connectivity index (χ1) is 12.5. The highest BCUT2D eigenvalue weighted by molar-refractivity contribution is 6.31. The molecule has 1 aromatic carbocycles. The van der Waals surface area contributed by atoms with Crippen LogP contribution in [0.25, 0.3) is 0 Å². The molecule has 0 spiro atoms. The number of nitrogens with zero attached hydrogens (tertiary/aromatic N) is 1. The molecule has 0 aromatic heterocycles. The van der Waals surface area contributed by atoms with Crippen molar-refractivity contribution >= 4 is 29.5 Å². The van der Waals surface area contributed by atoms with Crippen LogP contribution in [0.4, 0.5) is 4.79 Å². The topological polar surface area (TPSA) is 87.7 Å². The van der Waals surface area contributed by atoms with Crippen molar-refractivity contribution in [1.29, 1.82) is 0 Å².